The number of aliphatic hydroxyl groups excluding tert-OH is 2. The Morgan fingerprint density at radius 3 is 2.41 bits per heavy atom. The number of likely N-dealkylation sites (N-methyl/N-ethyl adjacent to an activating group) is 1. The van der Waals surface area contributed by atoms with Crippen LogP contribution in [0.3, 0.4) is 0 Å². The van der Waals surface area contributed by atoms with Gasteiger partial charge >= 0.3 is 5.97 Å². The monoisotopic (exact) mass is 512 g/mol. The lowest BCUT2D eigenvalue weighted by molar-refractivity contribution is -0.204. The highest BCUT2D eigenvalue weighted by Crippen LogP contribution is 2.56. The number of amides is 1. The first-order valence-electron chi connectivity index (χ1n) is 11.9. The highest BCUT2D eigenvalue weighted by Gasteiger charge is 2.72. The van der Waals surface area contributed by atoms with Crippen molar-refractivity contribution in [2.24, 2.45) is 29.4 Å². The van der Waals surface area contributed by atoms with Crippen molar-refractivity contribution in [3.8, 4) is 5.75 Å². The van der Waals surface area contributed by atoms with Gasteiger partial charge in [-0.3, -0.25) is 19.2 Å². The fourth-order valence-electron chi connectivity index (χ4n) is 6.23. The van der Waals surface area contributed by atoms with E-state index in [-0.39, 0.29) is 22.4 Å². The summed E-state index contributed by atoms with van der Waals surface area (Å²) in [5.74, 6) is -10.6. The van der Waals surface area contributed by atoms with E-state index in [4.69, 9.17) is 10.5 Å². The number of phenolic OH excluding ortho intramolecular Hbond substituents is 1. The van der Waals surface area contributed by atoms with Crippen LogP contribution in [0.1, 0.15) is 24.0 Å². The number of aliphatic hydroxyl groups is 3. The highest BCUT2D eigenvalue weighted by molar-refractivity contribution is 6.26. The molecular weight excluding hydrogens is 484 g/mol. The molecule has 1 aromatic carbocycles. The maximum atomic E-state index is 14.0. The molecule has 196 valence electrons. The summed E-state index contributed by atoms with van der Waals surface area (Å²) in [6.07, 6.45) is -2.00. The third-order valence-corrected chi connectivity index (χ3v) is 8.11. The summed E-state index contributed by atoms with van der Waals surface area (Å²) < 4.78 is 5.88. The third kappa shape index (κ3) is 3.30. The molecular formula is C26H28N2O9. The number of nitrogens with two attached hydrogens (primary N) is 1. The van der Waals surface area contributed by atoms with E-state index in [1.54, 1.807) is 6.07 Å². The number of fused-ring (bicyclic) bond motifs is 3. The van der Waals surface area contributed by atoms with Gasteiger partial charge in [0.2, 0.25) is 11.7 Å². The normalized spacial score (nSPS) is 35.1. The minimum Gasteiger partial charge on any atom is -0.507 e. The maximum Gasteiger partial charge on any atom is 0.309 e. The van der Waals surface area contributed by atoms with Gasteiger partial charge in [0, 0.05) is 6.04 Å². The zero-order chi connectivity index (χ0) is 27.1. The molecule has 0 bridgehead atoms. The van der Waals surface area contributed by atoms with Crippen LogP contribution in [-0.4, -0.2) is 86.7 Å². The van der Waals surface area contributed by atoms with E-state index in [1.165, 1.54) is 31.1 Å². The van der Waals surface area contributed by atoms with Crippen molar-refractivity contribution < 1.29 is 44.3 Å². The Morgan fingerprint density at radius 2 is 1.84 bits per heavy atom. The largest absolute Gasteiger partial charge is 0.507 e. The van der Waals surface area contributed by atoms with Gasteiger partial charge in [-0.25, -0.2) is 0 Å². The number of ether oxygens (including phenoxy) is 1. The molecule has 6 N–H and O–H groups in total. The van der Waals surface area contributed by atoms with Crippen LogP contribution in [0.5, 0.6) is 5.75 Å². The predicted octanol–water partition coefficient (Wildman–Crippen LogP) is -0.469. The van der Waals surface area contributed by atoms with E-state index in [9.17, 15) is 39.6 Å². The molecule has 3 saturated carbocycles. The van der Waals surface area contributed by atoms with Gasteiger partial charge in [-0.15, -0.1) is 0 Å². The molecule has 4 aliphatic carbocycles. The molecule has 0 saturated heterocycles. The number of nitrogens with zero attached hydrogens (tertiary/aromatic N) is 1. The van der Waals surface area contributed by atoms with Crippen molar-refractivity contribution >= 4 is 34.8 Å². The first kappa shape index (κ1) is 25.1. The molecule has 3 fully saturated rings. The Morgan fingerprint density at radius 1 is 1.19 bits per heavy atom. The molecule has 0 spiro atoms. The molecule has 1 aromatic rings. The van der Waals surface area contributed by atoms with Crippen LogP contribution >= 0.6 is 0 Å². The zero-order valence-corrected chi connectivity index (χ0v) is 20.2. The second-order valence-corrected chi connectivity index (χ2v) is 10.5. The van der Waals surface area contributed by atoms with E-state index in [1.807, 2.05) is 0 Å². The average molecular weight is 513 g/mol. The van der Waals surface area contributed by atoms with E-state index in [0.717, 1.165) is 0 Å². The van der Waals surface area contributed by atoms with Crippen molar-refractivity contribution in [1.82, 2.24) is 4.90 Å². The Kier molecular flexibility index (Phi) is 5.59. The third-order valence-electron chi connectivity index (χ3n) is 8.11. The van der Waals surface area contributed by atoms with Crippen LogP contribution in [0, 0.1) is 23.7 Å². The van der Waals surface area contributed by atoms with Crippen LogP contribution in [0.2, 0.25) is 0 Å². The number of esters is 1. The molecule has 0 radical (unpaired) electrons. The molecule has 0 aliphatic heterocycles. The van der Waals surface area contributed by atoms with Gasteiger partial charge in [0.05, 0.1) is 35.0 Å². The average Bonchev–Trinajstić information content (AvgIpc) is 3.66. The molecule has 0 aromatic heterocycles. The summed E-state index contributed by atoms with van der Waals surface area (Å²) in [5.41, 5.74) is 2.32. The van der Waals surface area contributed by atoms with Crippen molar-refractivity contribution in [1.29, 1.82) is 0 Å². The summed E-state index contributed by atoms with van der Waals surface area (Å²) in [4.78, 5) is 54.2. The smallest absolute Gasteiger partial charge is 0.309 e. The summed E-state index contributed by atoms with van der Waals surface area (Å²) in [6, 6.07) is 3.12. The predicted molar refractivity (Wildman–Crippen MR) is 127 cm³/mol. The second-order valence-electron chi connectivity index (χ2n) is 10.5. The summed E-state index contributed by atoms with van der Waals surface area (Å²) in [5, 5.41) is 44.7. The van der Waals surface area contributed by atoms with E-state index in [2.05, 4.69) is 6.58 Å². The number of phenols is 1. The van der Waals surface area contributed by atoms with E-state index in [0.29, 0.717) is 12.8 Å². The van der Waals surface area contributed by atoms with Crippen LogP contribution in [-0.2, 0) is 23.9 Å². The molecule has 0 heterocycles. The molecule has 11 nitrogen and oxygen atoms in total. The molecule has 4 aliphatic rings. The number of aromatic hydroxyl groups is 1. The number of carbonyl (C=O) groups is 4. The van der Waals surface area contributed by atoms with Crippen LogP contribution in [0.4, 0.5) is 0 Å². The topological polar surface area (TPSA) is 188 Å². The van der Waals surface area contributed by atoms with Gasteiger partial charge in [-0.05, 0) is 44.1 Å². The summed E-state index contributed by atoms with van der Waals surface area (Å²) in [6.45, 7) is 4.06. The molecule has 37 heavy (non-hydrogen) atoms. The van der Waals surface area contributed by atoms with Gasteiger partial charge < -0.3 is 35.8 Å². The zero-order valence-electron chi connectivity index (χ0n) is 20.2. The molecule has 7 atom stereocenters. The number of hydrogen-bond acceptors (Lipinski definition) is 10. The number of Topliss-reactive ketones (excluding diaryl/α,β-unsaturated/α-hetero) is 2. The second kappa shape index (κ2) is 8.23. The van der Waals surface area contributed by atoms with Crippen molar-refractivity contribution in [2.45, 2.75) is 36.7 Å². The highest BCUT2D eigenvalue weighted by atomic mass is 16.5. The SMILES string of the molecule is C=C1c2cccc(O)c2C(O)=C2C(=O)C3(O)C(=O)C(C(N)=O)C(O)C(N(C)C)C3C(OC(=O)C3CC3)C12. The quantitative estimate of drug-likeness (QED) is 0.261. The molecule has 1 amide bonds. The Labute approximate surface area is 211 Å². The Balaban J connectivity index is 1.80. The number of rotatable bonds is 4. The maximum absolute atomic E-state index is 14.0. The Hall–Kier alpha value is -3.54. The molecule has 7 unspecified atom stereocenters. The number of primary amides is 1. The van der Waals surface area contributed by atoms with Crippen molar-refractivity contribution in [2.75, 3.05) is 14.1 Å². The van der Waals surface area contributed by atoms with Crippen LogP contribution in [0.25, 0.3) is 11.3 Å². The van der Waals surface area contributed by atoms with Gasteiger partial charge in [-0.2, -0.15) is 0 Å². The first-order valence-corrected chi connectivity index (χ1v) is 11.9. The number of hydrogen-bond donors (Lipinski definition) is 5. The van der Waals surface area contributed by atoms with Crippen molar-refractivity contribution in [3.63, 3.8) is 0 Å². The fourth-order valence-corrected chi connectivity index (χ4v) is 6.23. The minimum atomic E-state index is -2.98. The van der Waals surface area contributed by atoms with Gasteiger partial charge in [0.1, 0.15) is 23.5 Å². The lowest BCUT2D eigenvalue weighted by Crippen LogP contribution is -2.77. The number of carbonyl (C=O) groups excluding carboxylic acids is 4. The van der Waals surface area contributed by atoms with Crippen LogP contribution in [0.15, 0.2) is 30.4 Å². The number of ketones is 2. The fraction of sp³-hybridized carbons (Fsp3) is 0.462. The van der Waals surface area contributed by atoms with E-state index >= 15 is 0 Å². The van der Waals surface area contributed by atoms with Gasteiger partial charge in [0.15, 0.2) is 11.4 Å². The van der Waals surface area contributed by atoms with Gasteiger partial charge in [0.25, 0.3) is 0 Å². The lowest BCUT2D eigenvalue weighted by atomic mass is 9.52. The van der Waals surface area contributed by atoms with Gasteiger partial charge in [-0.1, -0.05) is 18.7 Å². The minimum absolute atomic E-state index is 0.125. The molecule has 11 heteroatoms. The van der Waals surface area contributed by atoms with E-state index < -0.39 is 82.3 Å². The molecule has 5 rings (SSSR count). The summed E-state index contributed by atoms with van der Waals surface area (Å²) in [7, 11) is 3.02. The lowest BCUT2D eigenvalue weighted by Gasteiger charge is -2.56. The standard InChI is InChI=1S/C26H28N2O9/c1-9-11-5-4-6-12(29)14(11)19(30)15-13(9)21(37-25(35)10-7-8-10)17-18(28(2)3)20(31)16(24(27)34)23(33)26(17,36)22(15)32/h4-6,10,13,16-18,20-21,29-31,36H,1,7-8H2,2-3H3,(H2,27,34). The Bertz CT molecular complexity index is 1300. The number of benzene rings is 1. The van der Waals surface area contributed by atoms with Crippen LogP contribution < -0.4 is 5.73 Å². The summed E-state index contributed by atoms with van der Waals surface area (Å²) >= 11 is 0. The first-order chi connectivity index (χ1) is 17.3. The van der Waals surface area contributed by atoms with Crippen molar-refractivity contribution in [3.05, 3.63) is 41.5 Å².